The maximum atomic E-state index is 12.1. The molecule has 18 heavy (non-hydrogen) atoms. The number of aliphatic carboxylic acids is 1. The molecule has 1 rings (SSSR count). The van der Waals surface area contributed by atoms with E-state index >= 15 is 0 Å². The average molecular weight is 249 g/mol. The van der Waals surface area contributed by atoms with Gasteiger partial charge < -0.3 is 10.4 Å². The summed E-state index contributed by atoms with van der Waals surface area (Å²) in [5.74, 6) is -1.49. The molecule has 0 aliphatic carbocycles. The van der Waals surface area contributed by atoms with Gasteiger partial charge in [-0.1, -0.05) is 32.0 Å². The molecule has 0 saturated carbocycles. The molecule has 0 aromatic heterocycles. The number of benzene rings is 1. The highest BCUT2D eigenvalue weighted by Gasteiger charge is 2.24. The van der Waals surface area contributed by atoms with Crippen molar-refractivity contribution in [2.45, 2.75) is 33.7 Å². The van der Waals surface area contributed by atoms with Gasteiger partial charge in [0.15, 0.2) is 0 Å². The maximum Gasteiger partial charge on any atom is 0.326 e. The predicted molar refractivity (Wildman–Crippen MR) is 69.6 cm³/mol. The van der Waals surface area contributed by atoms with E-state index < -0.39 is 12.0 Å². The van der Waals surface area contributed by atoms with E-state index in [0.717, 1.165) is 11.1 Å². The normalized spacial score (nSPS) is 12.3. The lowest BCUT2D eigenvalue weighted by molar-refractivity contribution is -0.140. The van der Waals surface area contributed by atoms with Crippen molar-refractivity contribution in [2.75, 3.05) is 0 Å². The Balaban J connectivity index is 2.98. The molecule has 98 valence electrons. The summed E-state index contributed by atoms with van der Waals surface area (Å²) in [4.78, 5) is 23.2. The number of carboxylic acid groups (broad SMARTS) is 1. The van der Waals surface area contributed by atoms with E-state index in [2.05, 4.69) is 5.32 Å². The number of amides is 1. The Hall–Kier alpha value is -1.84. The van der Waals surface area contributed by atoms with Crippen LogP contribution in [-0.2, 0) is 4.79 Å². The van der Waals surface area contributed by atoms with Gasteiger partial charge in [0.25, 0.3) is 5.91 Å². The molecule has 1 amide bonds. The van der Waals surface area contributed by atoms with E-state index in [9.17, 15) is 9.59 Å². The van der Waals surface area contributed by atoms with Crippen molar-refractivity contribution < 1.29 is 14.7 Å². The van der Waals surface area contributed by atoms with Gasteiger partial charge in [-0.2, -0.15) is 0 Å². The third-order valence-electron chi connectivity index (χ3n) is 2.93. The van der Waals surface area contributed by atoms with Crippen LogP contribution >= 0.6 is 0 Å². The highest BCUT2D eigenvalue weighted by Crippen LogP contribution is 2.14. The van der Waals surface area contributed by atoms with E-state index in [-0.39, 0.29) is 11.8 Å². The molecule has 0 fully saturated rings. The minimum Gasteiger partial charge on any atom is -0.480 e. The third kappa shape index (κ3) is 3.09. The topological polar surface area (TPSA) is 66.4 Å². The Morgan fingerprint density at radius 2 is 1.67 bits per heavy atom. The summed E-state index contributed by atoms with van der Waals surface area (Å²) in [6.07, 6.45) is 0. The summed E-state index contributed by atoms with van der Waals surface area (Å²) in [5.41, 5.74) is 2.25. The van der Waals surface area contributed by atoms with Crippen LogP contribution in [0.5, 0.6) is 0 Å². The van der Waals surface area contributed by atoms with Gasteiger partial charge in [0, 0.05) is 5.56 Å². The first-order chi connectivity index (χ1) is 8.34. The Morgan fingerprint density at radius 3 is 2.06 bits per heavy atom. The summed E-state index contributed by atoms with van der Waals surface area (Å²) in [5, 5.41) is 11.6. The first-order valence-corrected chi connectivity index (χ1v) is 5.94. The molecule has 4 nitrogen and oxygen atoms in total. The van der Waals surface area contributed by atoms with Crippen molar-refractivity contribution in [3.8, 4) is 0 Å². The number of carbonyl (C=O) groups excluding carboxylic acids is 1. The smallest absolute Gasteiger partial charge is 0.326 e. The zero-order valence-electron chi connectivity index (χ0n) is 11.2. The van der Waals surface area contributed by atoms with Crippen LogP contribution in [0.4, 0.5) is 0 Å². The average Bonchev–Trinajstić information content (AvgIpc) is 2.24. The van der Waals surface area contributed by atoms with Crippen LogP contribution in [0.25, 0.3) is 0 Å². The van der Waals surface area contributed by atoms with Gasteiger partial charge in [-0.05, 0) is 30.9 Å². The number of hydrogen-bond donors (Lipinski definition) is 2. The zero-order chi connectivity index (χ0) is 13.9. The van der Waals surface area contributed by atoms with Crippen molar-refractivity contribution in [3.63, 3.8) is 0 Å². The summed E-state index contributed by atoms with van der Waals surface area (Å²) in [6.45, 7) is 7.22. The molecule has 0 aliphatic rings. The van der Waals surface area contributed by atoms with E-state index in [1.54, 1.807) is 13.8 Å². The van der Waals surface area contributed by atoms with Crippen LogP contribution in [-0.4, -0.2) is 23.0 Å². The maximum absolute atomic E-state index is 12.1. The van der Waals surface area contributed by atoms with Crippen LogP contribution in [0.1, 0.15) is 35.3 Å². The molecule has 1 aromatic rings. The molecule has 2 N–H and O–H groups in total. The third-order valence-corrected chi connectivity index (χ3v) is 2.93. The van der Waals surface area contributed by atoms with Crippen molar-refractivity contribution in [3.05, 3.63) is 34.9 Å². The van der Waals surface area contributed by atoms with Crippen molar-refractivity contribution in [1.29, 1.82) is 0 Å². The number of nitrogens with one attached hydrogen (secondary N) is 1. The summed E-state index contributed by atoms with van der Waals surface area (Å²) in [7, 11) is 0. The molecular formula is C14H19NO3. The highest BCUT2D eigenvalue weighted by molar-refractivity contribution is 5.99. The number of rotatable bonds is 4. The van der Waals surface area contributed by atoms with Crippen molar-refractivity contribution in [1.82, 2.24) is 5.32 Å². The molecule has 0 radical (unpaired) electrons. The van der Waals surface area contributed by atoms with Gasteiger partial charge in [-0.15, -0.1) is 0 Å². The first kappa shape index (κ1) is 14.2. The summed E-state index contributed by atoms with van der Waals surface area (Å²) >= 11 is 0. The summed E-state index contributed by atoms with van der Waals surface area (Å²) < 4.78 is 0. The molecule has 1 atom stereocenters. The Kier molecular flexibility index (Phi) is 4.48. The van der Waals surface area contributed by atoms with Crippen molar-refractivity contribution >= 4 is 11.9 Å². The van der Waals surface area contributed by atoms with Crippen LogP contribution in [0.3, 0.4) is 0 Å². The van der Waals surface area contributed by atoms with Gasteiger partial charge in [0.2, 0.25) is 0 Å². The Labute approximate surface area is 107 Å². The molecular weight excluding hydrogens is 230 g/mol. The number of carboxylic acids is 1. The van der Waals surface area contributed by atoms with Gasteiger partial charge in [-0.3, -0.25) is 4.79 Å². The van der Waals surface area contributed by atoms with Gasteiger partial charge in [-0.25, -0.2) is 4.79 Å². The summed E-state index contributed by atoms with van der Waals surface area (Å²) in [6, 6.07) is 4.69. The quantitative estimate of drug-likeness (QED) is 0.859. The standard InChI is InChI=1S/C14H19NO3/c1-8(2)12(14(17)18)15-13(16)11-9(3)6-5-7-10(11)4/h5-8,12H,1-4H3,(H,15,16)(H,17,18). The largest absolute Gasteiger partial charge is 0.480 e. The Bertz CT molecular complexity index is 446. The lowest BCUT2D eigenvalue weighted by Crippen LogP contribution is -2.44. The molecule has 0 aliphatic heterocycles. The molecule has 1 aromatic carbocycles. The van der Waals surface area contributed by atoms with E-state index in [0.29, 0.717) is 5.56 Å². The van der Waals surface area contributed by atoms with Crippen LogP contribution in [0, 0.1) is 19.8 Å². The van der Waals surface area contributed by atoms with E-state index in [1.165, 1.54) is 0 Å². The fraction of sp³-hybridized carbons (Fsp3) is 0.429. The molecule has 1 unspecified atom stereocenters. The van der Waals surface area contributed by atoms with Crippen LogP contribution in [0.15, 0.2) is 18.2 Å². The second-order valence-corrected chi connectivity index (χ2v) is 4.80. The van der Waals surface area contributed by atoms with E-state index in [1.807, 2.05) is 32.0 Å². The van der Waals surface area contributed by atoms with Crippen LogP contribution in [0.2, 0.25) is 0 Å². The predicted octanol–water partition coefficient (Wildman–Crippen LogP) is 2.14. The fourth-order valence-electron chi connectivity index (χ4n) is 1.90. The van der Waals surface area contributed by atoms with Gasteiger partial charge in [0.1, 0.15) is 6.04 Å². The molecule has 0 heterocycles. The lowest BCUT2D eigenvalue weighted by atomic mass is 10.00. The molecule has 0 bridgehead atoms. The zero-order valence-corrected chi connectivity index (χ0v) is 11.2. The Morgan fingerprint density at radius 1 is 1.17 bits per heavy atom. The molecule has 0 saturated heterocycles. The second-order valence-electron chi connectivity index (χ2n) is 4.80. The minimum atomic E-state index is -1.01. The van der Waals surface area contributed by atoms with Gasteiger partial charge in [0.05, 0.1) is 0 Å². The van der Waals surface area contributed by atoms with Crippen molar-refractivity contribution in [2.24, 2.45) is 5.92 Å². The highest BCUT2D eigenvalue weighted by atomic mass is 16.4. The first-order valence-electron chi connectivity index (χ1n) is 5.94. The number of aryl methyl sites for hydroxylation is 2. The molecule has 4 heteroatoms. The molecule has 0 spiro atoms. The van der Waals surface area contributed by atoms with Gasteiger partial charge >= 0.3 is 5.97 Å². The van der Waals surface area contributed by atoms with E-state index in [4.69, 9.17) is 5.11 Å². The number of hydrogen-bond acceptors (Lipinski definition) is 2. The van der Waals surface area contributed by atoms with Crippen LogP contribution < -0.4 is 5.32 Å². The lowest BCUT2D eigenvalue weighted by Gasteiger charge is -2.19. The monoisotopic (exact) mass is 249 g/mol. The minimum absolute atomic E-state index is 0.157. The second kappa shape index (κ2) is 5.67. The number of carbonyl (C=O) groups is 2. The fourth-order valence-corrected chi connectivity index (χ4v) is 1.90. The SMILES string of the molecule is Cc1cccc(C)c1C(=O)NC(C(=O)O)C(C)C.